The maximum Gasteiger partial charge on any atom is 0.410 e. The van der Waals surface area contributed by atoms with Crippen LogP contribution in [-0.2, 0) is 84.2 Å². The summed E-state index contributed by atoms with van der Waals surface area (Å²) in [6.45, 7) is 42.9. The Balaban J connectivity index is 0.000000160. The maximum atomic E-state index is 12.8. The number of hydrogen-bond donors (Lipinski definition) is 4. The van der Waals surface area contributed by atoms with Gasteiger partial charge in [0.25, 0.3) is 0 Å². The summed E-state index contributed by atoms with van der Waals surface area (Å²) in [5, 5.41) is 27.0. The highest BCUT2D eigenvalue weighted by Crippen LogP contribution is 2.35. The smallest absolute Gasteiger partial charge is 0.410 e. The van der Waals surface area contributed by atoms with Gasteiger partial charge in [-0.2, -0.15) is 15.3 Å². The first-order chi connectivity index (χ1) is 59.6. The molecule has 3 aliphatic heterocycles. The molecule has 32 heteroatoms. The van der Waals surface area contributed by atoms with Crippen LogP contribution in [0, 0.1) is 20.8 Å². The number of benzene rings is 3. The molecule has 12 heterocycles. The molecule has 3 aromatic carbocycles. The summed E-state index contributed by atoms with van der Waals surface area (Å²) in [6, 6.07) is 30.0. The molecule has 0 spiro atoms. The van der Waals surface area contributed by atoms with E-state index in [-0.39, 0.29) is 45.8 Å². The number of aryl methyl sites for hydroxylation is 9. The van der Waals surface area contributed by atoms with E-state index in [1.54, 1.807) is 40.8 Å². The molecule has 3 aliphatic rings. The molecular formula is C94H116ClN21O7S3. The van der Waals surface area contributed by atoms with Crippen molar-refractivity contribution in [1.82, 2.24) is 89.3 Å². The predicted octanol–water partition coefficient (Wildman–Crippen LogP) is 19.8. The van der Waals surface area contributed by atoms with E-state index in [4.69, 9.17) is 31.9 Å². The van der Waals surface area contributed by atoms with Gasteiger partial charge in [-0.1, -0.05) is 110 Å². The zero-order valence-corrected chi connectivity index (χ0v) is 78.7. The van der Waals surface area contributed by atoms with Crippen LogP contribution in [0.3, 0.4) is 0 Å². The summed E-state index contributed by atoms with van der Waals surface area (Å²) < 4.78 is 16.8. The molecule has 0 unspecified atom stereocenters. The average Bonchev–Trinajstić information content (AvgIpc) is 1.51. The Morgan fingerprint density at radius 3 is 1.17 bits per heavy atom. The lowest BCUT2D eigenvalue weighted by Crippen LogP contribution is -2.36. The van der Waals surface area contributed by atoms with Crippen molar-refractivity contribution in [2.24, 2.45) is 0 Å². The molecule has 12 aromatic rings. The van der Waals surface area contributed by atoms with Gasteiger partial charge in [0.2, 0.25) is 0 Å². The van der Waals surface area contributed by atoms with E-state index in [9.17, 15) is 24.0 Å². The van der Waals surface area contributed by atoms with Crippen molar-refractivity contribution in [2.75, 3.05) is 36.0 Å². The van der Waals surface area contributed by atoms with Gasteiger partial charge in [0.05, 0.1) is 76.9 Å². The number of rotatable bonds is 19. The summed E-state index contributed by atoms with van der Waals surface area (Å²) in [5.41, 5.74) is 19.8. The fraction of sp³-hybridized carbons (Fsp3) is 0.436. The van der Waals surface area contributed by atoms with E-state index in [2.05, 4.69) is 207 Å². The number of halogens is 1. The SMILES string of the molecule is CC(C)(C)OC(=O)N1CCCn2nc(N)cc2C1.Cc1cc(-c2cc(Cl)ncn2)ccc1CCC(=O)c1cnc(C(C)(C)C)s1.Cc1cc(-c2cc(Nc3cc4n(n3)CCCN(C(=O)OC(C)(C)C)C4)ncn2)ccc1CCC(=O)c1cnc(C(C)(C)C)s1.Cc1cc(-c2cc(Nc3cc4n(n3)CCCNC4)ncn2)ccc1CCC(=O)c1cnc(C(C)(C)C)s1. The molecule has 0 fully saturated rings. The second kappa shape index (κ2) is 40.5. The van der Waals surface area contributed by atoms with Crippen molar-refractivity contribution >= 4 is 104 Å². The van der Waals surface area contributed by atoms with Crippen LogP contribution in [0.15, 0.2) is 129 Å². The van der Waals surface area contributed by atoms with Gasteiger partial charge >= 0.3 is 12.2 Å². The Morgan fingerprint density at radius 1 is 0.429 bits per heavy atom. The summed E-state index contributed by atoms with van der Waals surface area (Å²) >= 11 is 10.4. The van der Waals surface area contributed by atoms with Crippen molar-refractivity contribution in [3.05, 3.63) is 214 Å². The number of amides is 2. The number of Topliss-reactive ketones (excluding diaryl/α,β-unsaturated/α-hetero) is 3. The third-order valence-corrected chi connectivity index (χ3v) is 25.4. The number of aromatic nitrogens is 15. The minimum Gasteiger partial charge on any atom is -0.444 e. The van der Waals surface area contributed by atoms with Crippen LogP contribution in [0.25, 0.3) is 33.8 Å². The molecule has 2 amide bonds. The molecule has 0 bridgehead atoms. The Hall–Kier alpha value is -11.4. The second-order valence-corrected chi connectivity index (χ2v) is 40.4. The van der Waals surface area contributed by atoms with Gasteiger partial charge in [-0.15, -0.1) is 34.0 Å². The molecule has 126 heavy (non-hydrogen) atoms. The number of ketones is 3. The lowest BCUT2D eigenvalue weighted by molar-refractivity contribution is 0.0226. The number of ether oxygens (including phenoxy) is 2. The number of nitrogens with zero attached hydrogens (tertiary/aromatic N) is 17. The molecule has 9 aromatic heterocycles. The maximum absolute atomic E-state index is 12.8. The normalized spacial score (nSPS) is 13.6. The fourth-order valence-corrected chi connectivity index (χ4v) is 17.1. The molecule has 0 radical (unpaired) electrons. The third kappa shape index (κ3) is 26.2. The summed E-state index contributed by atoms with van der Waals surface area (Å²) in [7, 11) is 0. The highest BCUT2D eigenvalue weighted by molar-refractivity contribution is 7.14. The molecule has 0 saturated heterocycles. The zero-order chi connectivity index (χ0) is 90.6. The van der Waals surface area contributed by atoms with E-state index < -0.39 is 11.2 Å². The summed E-state index contributed by atoms with van der Waals surface area (Å²) in [4.78, 5) is 108. The van der Waals surface area contributed by atoms with Gasteiger partial charge in [0.1, 0.15) is 52.8 Å². The first-order valence-corrected chi connectivity index (χ1v) is 45.5. The molecule has 0 saturated carbocycles. The highest BCUT2D eigenvalue weighted by Gasteiger charge is 2.30. The molecule has 15 rings (SSSR count). The van der Waals surface area contributed by atoms with Gasteiger partial charge < -0.3 is 41.0 Å². The van der Waals surface area contributed by atoms with Gasteiger partial charge in [-0.05, 0) is 159 Å². The van der Waals surface area contributed by atoms with Gasteiger partial charge in [-0.3, -0.25) is 28.4 Å². The molecule has 664 valence electrons. The van der Waals surface area contributed by atoms with Crippen molar-refractivity contribution in [1.29, 1.82) is 0 Å². The molecule has 0 atom stereocenters. The van der Waals surface area contributed by atoms with Gasteiger partial charge in [0, 0.05) is 146 Å². The summed E-state index contributed by atoms with van der Waals surface area (Å²) in [5.74, 6) is 3.69. The van der Waals surface area contributed by atoms with E-state index >= 15 is 0 Å². The quantitative estimate of drug-likeness (QED) is 0.0431. The minimum atomic E-state index is -0.544. The largest absolute Gasteiger partial charge is 0.444 e. The Kier molecular flexibility index (Phi) is 30.1. The third-order valence-electron chi connectivity index (χ3n) is 20.8. The van der Waals surface area contributed by atoms with Crippen LogP contribution in [0.2, 0.25) is 5.15 Å². The van der Waals surface area contributed by atoms with Crippen LogP contribution in [0.1, 0.15) is 237 Å². The minimum absolute atomic E-state index is 0.0283. The lowest BCUT2D eigenvalue weighted by Gasteiger charge is -2.26. The predicted molar refractivity (Wildman–Crippen MR) is 499 cm³/mol. The van der Waals surface area contributed by atoms with Crippen LogP contribution >= 0.6 is 45.6 Å². The zero-order valence-electron chi connectivity index (χ0n) is 75.5. The second-order valence-electron chi connectivity index (χ2n) is 36.9. The topological polar surface area (TPSA) is 342 Å². The number of thiazole rings is 3. The highest BCUT2D eigenvalue weighted by atomic mass is 35.5. The van der Waals surface area contributed by atoms with E-state index in [0.717, 1.165) is 159 Å². The van der Waals surface area contributed by atoms with Crippen molar-refractivity contribution in [3.8, 4) is 33.8 Å². The number of nitrogens with one attached hydrogen (secondary N) is 3. The number of carbonyl (C=O) groups is 5. The lowest BCUT2D eigenvalue weighted by atomic mass is 9.98. The standard InChI is InChI=1S/C33H41N7O3S.C28H33N7OS.C21H22ClN3OS.C12H20N4O2/c1-21-15-23(10-9-22(21)11-12-26(41)27-18-34-30(44-27)32(2,3)4)25-17-28(36-20-35-25)37-29-16-24-19-39(13-8-14-40(24)38-29)31(42)43-33(5,6)7;1-18-12-20(7-6-19(18)8-9-23(36)24-16-30-27(37-24)28(2,3)4)22-14-25(32-17-31-22)33-26-13-21-15-29-10-5-11-35(21)34-26;1-13-9-15(16-10-19(22)25-12-24-16)6-5-14(13)7-8-17(26)18-11-23-20(27-18)21(2,3)4;1-12(2,3)18-11(17)15-5-4-6-16-9(8-15)7-10(13)14-16/h9-10,15-18,20H,8,11-14,19H2,1-7H3,(H,35,36,37,38);6-7,12-14,16-17,29H,5,8-11,15H2,1-4H3,(H,31,32,33,34);5-6,9-12H,7-8H2,1-4H3;7H,4-6,8H2,1-3H3,(H2,13,14). The summed E-state index contributed by atoms with van der Waals surface area (Å²) in [6.07, 6.45) is 15.3. The van der Waals surface area contributed by atoms with E-state index in [1.807, 2.05) is 87.3 Å². The van der Waals surface area contributed by atoms with Crippen molar-refractivity contribution in [3.63, 3.8) is 0 Å². The van der Waals surface area contributed by atoms with E-state index in [0.29, 0.717) is 99.7 Å². The Morgan fingerprint density at radius 2 is 0.794 bits per heavy atom. The monoisotopic (exact) mass is 1780 g/mol. The first-order valence-electron chi connectivity index (χ1n) is 42.7. The van der Waals surface area contributed by atoms with Crippen LogP contribution in [-0.4, -0.2) is 144 Å². The van der Waals surface area contributed by atoms with E-state index in [1.165, 1.54) is 52.4 Å². The van der Waals surface area contributed by atoms with Crippen molar-refractivity contribution < 1.29 is 33.4 Å². The van der Waals surface area contributed by atoms with Crippen molar-refractivity contribution in [2.45, 2.75) is 249 Å². The molecular weight excluding hydrogens is 1670 g/mol. The Bertz CT molecular complexity index is 5820. The number of carbonyl (C=O) groups excluding carboxylic acids is 5. The van der Waals surface area contributed by atoms with Crippen LogP contribution in [0.4, 0.5) is 38.7 Å². The number of hydrogen-bond acceptors (Lipinski definition) is 26. The number of fused-ring (bicyclic) bond motifs is 3. The Labute approximate surface area is 754 Å². The van der Waals surface area contributed by atoms with Gasteiger partial charge in [-0.25, -0.2) is 54.4 Å². The van der Waals surface area contributed by atoms with Gasteiger partial charge in [0.15, 0.2) is 29.0 Å². The molecule has 0 aliphatic carbocycles. The number of nitrogen functional groups attached to an aromatic ring is 1. The first kappa shape index (κ1) is 93.8. The van der Waals surface area contributed by atoms with Crippen LogP contribution in [0.5, 0.6) is 0 Å². The molecule has 5 N–H and O–H groups in total. The fourth-order valence-electron chi connectivity index (χ4n) is 14.1. The molecule has 28 nitrogen and oxygen atoms in total. The average molecular weight is 1780 g/mol. The number of anilines is 5. The number of nitrogens with two attached hydrogens (primary N) is 1. The van der Waals surface area contributed by atoms with Crippen LogP contribution < -0.4 is 21.7 Å².